The number of amides is 1. The van der Waals surface area contributed by atoms with E-state index < -0.39 is 11.9 Å². The third kappa shape index (κ3) is 2.83. The molecule has 0 radical (unpaired) electrons. The lowest BCUT2D eigenvalue weighted by molar-refractivity contribution is -0.118. The summed E-state index contributed by atoms with van der Waals surface area (Å²) in [6.45, 7) is 0. The molecule has 0 saturated carbocycles. The maximum Gasteiger partial charge on any atom is 0.246 e. The van der Waals surface area contributed by atoms with Gasteiger partial charge in [-0.25, -0.2) is 4.98 Å². The molecule has 0 fully saturated rings. The number of carbonyl (C=O) groups is 1. The van der Waals surface area contributed by atoms with Crippen LogP contribution in [0.2, 0.25) is 0 Å². The second-order valence-electron chi connectivity index (χ2n) is 3.37. The third-order valence-electron chi connectivity index (χ3n) is 2.21. The van der Waals surface area contributed by atoms with Gasteiger partial charge in [-0.2, -0.15) is 0 Å². The standard InChI is InChI=1S/C11H10BrN3OS/c12-7-3-1-2-4-8(7)15-10(11(13)16)9-5-17-6-14-9/h1-6,10,15H,(H2,13,16). The van der Waals surface area contributed by atoms with Crippen LogP contribution < -0.4 is 11.1 Å². The highest BCUT2D eigenvalue weighted by molar-refractivity contribution is 9.10. The van der Waals surface area contributed by atoms with Gasteiger partial charge in [0.05, 0.1) is 11.2 Å². The zero-order valence-electron chi connectivity index (χ0n) is 8.76. The lowest BCUT2D eigenvalue weighted by Crippen LogP contribution is -2.28. The lowest BCUT2D eigenvalue weighted by Gasteiger charge is -2.15. The fourth-order valence-corrected chi connectivity index (χ4v) is 2.37. The van der Waals surface area contributed by atoms with E-state index in [0.717, 1.165) is 10.2 Å². The summed E-state index contributed by atoms with van der Waals surface area (Å²) < 4.78 is 0.876. The number of benzene rings is 1. The topological polar surface area (TPSA) is 68.0 Å². The van der Waals surface area contributed by atoms with Crippen LogP contribution in [0.4, 0.5) is 5.69 Å². The first-order valence-electron chi connectivity index (χ1n) is 4.87. The van der Waals surface area contributed by atoms with E-state index in [1.54, 1.807) is 10.9 Å². The first kappa shape index (κ1) is 12.1. The van der Waals surface area contributed by atoms with Crippen molar-refractivity contribution in [2.45, 2.75) is 6.04 Å². The Hall–Kier alpha value is -1.40. The van der Waals surface area contributed by atoms with Crippen LogP contribution in [-0.4, -0.2) is 10.9 Å². The normalized spacial score (nSPS) is 12.1. The second-order valence-corrected chi connectivity index (χ2v) is 4.95. The minimum atomic E-state index is -0.611. The number of aromatic nitrogens is 1. The number of primary amides is 1. The Balaban J connectivity index is 2.26. The zero-order valence-corrected chi connectivity index (χ0v) is 11.2. The molecule has 1 atom stereocenters. The van der Waals surface area contributed by atoms with Crippen LogP contribution in [-0.2, 0) is 4.79 Å². The lowest BCUT2D eigenvalue weighted by atomic mass is 10.2. The number of anilines is 1. The average molecular weight is 312 g/mol. The quantitative estimate of drug-likeness (QED) is 0.911. The van der Waals surface area contributed by atoms with Gasteiger partial charge in [-0.15, -0.1) is 11.3 Å². The van der Waals surface area contributed by atoms with E-state index in [4.69, 9.17) is 5.73 Å². The number of carbonyl (C=O) groups excluding carboxylic acids is 1. The molecule has 0 spiro atoms. The van der Waals surface area contributed by atoms with Crippen molar-refractivity contribution in [1.82, 2.24) is 4.98 Å². The molecule has 1 unspecified atom stereocenters. The SMILES string of the molecule is NC(=O)C(Nc1ccccc1Br)c1cscn1. The summed E-state index contributed by atoms with van der Waals surface area (Å²) in [7, 11) is 0. The van der Waals surface area contributed by atoms with Crippen LogP contribution in [0.25, 0.3) is 0 Å². The summed E-state index contributed by atoms with van der Waals surface area (Å²) in [6.07, 6.45) is 0. The largest absolute Gasteiger partial charge is 0.368 e. The molecule has 88 valence electrons. The first-order valence-corrected chi connectivity index (χ1v) is 6.60. The summed E-state index contributed by atoms with van der Waals surface area (Å²) in [5.74, 6) is -0.452. The minimum absolute atomic E-state index is 0.452. The number of thiazole rings is 1. The van der Waals surface area contributed by atoms with Gasteiger partial charge in [0.2, 0.25) is 5.91 Å². The number of hydrogen-bond donors (Lipinski definition) is 2. The van der Waals surface area contributed by atoms with Crippen LogP contribution in [0.5, 0.6) is 0 Å². The molecular formula is C11H10BrN3OS. The van der Waals surface area contributed by atoms with Gasteiger partial charge in [0.25, 0.3) is 0 Å². The first-order chi connectivity index (χ1) is 8.18. The molecule has 2 aromatic rings. The van der Waals surface area contributed by atoms with E-state index in [2.05, 4.69) is 26.2 Å². The number of nitrogens with two attached hydrogens (primary N) is 1. The Labute approximate surface area is 111 Å². The van der Waals surface area contributed by atoms with E-state index in [9.17, 15) is 4.79 Å². The third-order valence-corrected chi connectivity index (χ3v) is 3.50. The molecule has 6 heteroatoms. The fraction of sp³-hybridized carbons (Fsp3) is 0.0909. The predicted octanol–water partition coefficient (Wildman–Crippen LogP) is 2.54. The molecule has 0 aliphatic rings. The van der Waals surface area contributed by atoms with Gasteiger partial charge in [0.15, 0.2) is 0 Å². The van der Waals surface area contributed by atoms with Crippen LogP contribution >= 0.6 is 27.3 Å². The molecule has 1 aromatic heterocycles. The Morgan fingerprint density at radius 1 is 1.47 bits per heavy atom. The molecule has 1 heterocycles. The number of rotatable bonds is 4. The van der Waals surface area contributed by atoms with Crippen molar-refractivity contribution in [2.75, 3.05) is 5.32 Å². The Morgan fingerprint density at radius 2 is 2.24 bits per heavy atom. The molecular weight excluding hydrogens is 302 g/mol. The maximum atomic E-state index is 11.4. The van der Waals surface area contributed by atoms with Crippen molar-refractivity contribution in [3.8, 4) is 0 Å². The van der Waals surface area contributed by atoms with Crippen molar-refractivity contribution in [3.05, 3.63) is 45.3 Å². The molecule has 0 bridgehead atoms. The van der Waals surface area contributed by atoms with E-state index >= 15 is 0 Å². The smallest absolute Gasteiger partial charge is 0.246 e. The zero-order chi connectivity index (χ0) is 12.3. The van der Waals surface area contributed by atoms with Gasteiger partial charge >= 0.3 is 0 Å². The maximum absolute atomic E-state index is 11.4. The summed E-state index contributed by atoms with van der Waals surface area (Å²) >= 11 is 4.83. The highest BCUT2D eigenvalue weighted by atomic mass is 79.9. The van der Waals surface area contributed by atoms with Gasteiger partial charge < -0.3 is 11.1 Å². The summed E-state index contributed by atoms with van der Waals surface area (Å²) in [6, 6.07) is 6.93. The Bertz CT molecular complexity index is 515. The van der Waals surface area contributed by atoms with Gasteiger partial charge in [-0.3, -0.25) is 4.79 Å². The van der Waals surface area contributed by atoms with E-state index in [-0.39, 0.29) is 0 Å². The molecule has 3 N–H and O–H groups in total. The second kappa shape index (κ2) is 5.29. The van der Waals surface area contributed by atoms with E-state index in [0.29, 0.717) is 5.69 Å². The molecule has 4 nitrogen and oxygen atoms in total. The predicted molar refractivity (Wildman–Crippen MR) is 71.8 cm³/mol. The monoisotopic (exact) mass is 311 g/mol. The number of para-hydroxylation sites is 1. The number of nitrogens with zero attached hydrogens (tertiary/aromatic N) is 1. The van der Waals surface area contributed by atoms with Gasteiger partial charge in [0.1, 0.15) is 6.04 Å². The van der Waals surface area contributed by atoms with Crippen molar-refractivity contribution in [3.63, 3.8) is 0 Å². The number of hydrogen-bond acceptors (Lipinski definition) is 4. The molecule has 1 amide bonds. The van der Waals surface area contributed by atoms with Gasteiger partial charge in [-0.1, -0.05) is 12.1 Å². The molecule has 2 rings (SSSR count). The molecule has 0 aliphatic carbocycles. The fourth-order valence-electron chi connectivity index (χ4n) is 1.39. The summed E-state index contributed by atoms with van der Waals surface area (Å²) in [4.78, 5) is 15.5. The Morgan fingerprint density at radius 3 is 2.82 bits per heavy atom. The molecule has 0 saturated heterocycles. The van der Waals surface area contributed by atoms with Crippen molar-refractivity contribution in [1.29, 1.82) is 0 Å². The van der Waals surface area contributed by atoms with Gasteiger partial charge in [0, 0.05) is 15.5 Å². The number of halogens is 1. The highest BCUT2D eigenvalue weighted by Gasteiger charge is 2.20. The average Bonchev–Trinajstić information content (AvgIpc) is 2.81. The van der Waals surface area contributed by atoms with Crippen LogP contribution in [0.3, 0.4) is 0 Å². The summed E-state index contributed by atoms with van der Waals surface area (Å²) in [5, 5.41) is 4.88. The minimum Gasteiger partial charge on any atom is -0.368 e. The van der Waals surface area contributed by atoms with Crippen molar-refractivity contribution < 1.29 is 4.79 Å². The molecule has 17 heavy (non-hydrogen) atoms. The van der Waals surface area contributed by atoms with Crippen LogP contribution in [0.1, 0.15) is 11.7 Å². The van der Waals surface area contributed by atoms with Crippen LogP contribution in [0, 0.1) is 0 Å². The van der Waals surface area contributed by atoms with Crippen molar-refractivity contribution in [2.24, 2.45) is 5.73 Å². The number of nitrogens with one attached hydrogen (secondary N) is 1. The van der Waals surface area contributed by atoms with Gasteiger partial charge in [-0.05, 0) is 28.1 Å². The summed E-state index contributed by atoms with van der Waals surface area (Å²) in [5.41, 5.74) is 8.49. The van der Waals surface area contributed by atoms with E-state index in [1.165, 1.54) is 11.3 Å². The van der Waals surface area contributed by atoms with Crippen LogP contribution in [0.15, 0.2) is 39.6 Å². The van der Waals surface area contributed by atoms with Crippen molar-refractivity contribution >= 4 is 38.9 Å². The highest BCUT2D eigenvalue weighted by Crippen LogP contribution is 2.26. The molecule has 0 aliphatic heterocycles. The Kier molecular flexibility index (Phi) is 3.75. The molecule has 1 aromatic carbocycles. The van der Waals surface area contributed by atoms with E-state index in [1.807, 2.05) is 24.3 Å².